The molecular formula is C22H27NO6. The molecule has 2 aromatic carbocycles. The van der Waals surface area contributed by atoms with Gasteiger partial charge in [-0.15, -0.1) is 0 Å². The molecule has 0 bridgehead atoms. The Morgan fingerprint density at radius 3 is 2.14 bits per heavy atom. The van der Waals surface area contributed by atoms with Crippen molar-refractivity contribution in [3.8, 4) is 17.2 Å². The van der Waals surface area contributed by atoms with Gasteiger partial charge in [0, 0.05) is 0 Å². The molecule has 0 aliphatic carbocycles. The van der Waals surface area contributed by atoms with Crippen LogP contribution >= 0.6 is 0 Å². The van der Waals surface area contributed by atoms with Gasteiger partial charge in [-0.1, -0.05) is 31.2 Å². The number of hydrogen-bond donors (Lipinski definition) is 1. The summed E-state index contributed by atoms with van der Waals surface area (Å²) < 4.78 is 20.9. The normalized spacial score (nSPS) is 11.3. The highest BCUT2D eigenvalue weighted by atomic mass is 16.5. The van der Waals surface area contributed by atoms with Crippen LogP contribution in [0.5, 0.6) is 17.2 Å². The molecule has 1 amide bonds. The summed E-state index contributed by atoms with van der Waals surface area (Å²) >= 11 is 0. The van der Waals surface area contributed by atoms with Crippen molar-refractivity contribution >= 4 is 11.9 Å². The van der Waals surface area contributed by atoms with E-state index in [1.807, 2.05) is 31.2 Å². The zero-order valence-corrected chi connectivity index (χ0v) is 17.4. The van der Waals surface area contributed by atoms with Crippen LogP contribution in [0.2, 0.25) is 0 Å². The van der Waals surface area contributed by atoms with Crippen molar-refractivity contribution in [3.05, 3.63) is 53.1 Å². The lowest BCUT2D eigenvalue weighted by Crippen LogP contribution is -2.31. The van der Waals surface area contributed by atoms with E-state index in [9.17, 15) is 9.59 Å². The Morgan fingerprint density at radius 2 is 1.59 bits per heavy atom. The minimum Gasteiger partial charge on any atom is -0.493 e. The number of amides is 1. The number of methoxy groups -OCH3 is 3. The van der Waals surface area contributed by atoms with E-state index < -0.39 is 18.5 Å². The lowest BCUT2D eigenvalue weighted by Gasteiger charge is -2.16. The van der Waals surface area contributed by atoms with Crippen LogP contribution in [0.3, 0.4) is 0 Å². The van der Waals surface area contributed by atoms with E-state index in [2.05, 4.69) is 12.2 Å². The largest absolute Gasteiger partial charge is 0.493 e. The number of carbonyl (C=O) groups excluding carboxylic acids is 2. The zero-order chi connectivity index (χ0) is 21.4. The summed E-state index contributed by atoms with van der Waals surface area (Å²) in [6, 6.07) is 10.9. The van der Waals surface area contributed by atoms with E-state index in [1.54, 1.807) is 6.07 Å². The molecule has 1 atom stereocenters. The maximum atomic E-state index is 12.4. The average Bonchev–Trinajstić information content (AvgIpc) is 2.76. The molecule has 0 spiro atoms. The first-order chi connectivity index (χ1) is 13.9. The third-order valence-corrected chi connectivity index (χ3v) is 4.52. The summed E-state index contributed by atoms with van der Waals surface area (Å²) in [5, 5.41) is 2.82. The molecule has 7 heteroatoms. The van der Waals surface area contributed by atoms with Gasteiger partial charge in [0.15, 0.2) is 18.1 Å². The molecule has 0 saturated heterocycles. The van der Waals surface area contributed by atoms with Crippen LogP contribution < -0.4 is 19.5 Å². The fourth-order valence-electron chi connectivity index (χ4n) is 2.88. The quantitative estimate of drug-likeness (QED) is 0.649. The van der Waals surface area contributed by atoms with E-state index in [0.717, 1.165) is 12.0 Å². The van der Waals surface area contributed by atoms with Crippen LogP contribution in [0.15, 0.2) is 36.4 Å². The summed E-state index contributed by atoms with van der Waals surface area (Å²) in [7, 11) is 4.33. The van der Waals surface area contributed by atoms with Gasteiger partial charge in [0.25, 0.3) is 5.91 Å². The third-order valence-electron chi connectivity index (χ3n) is 4.52. The van der Waals surface area contributed by atoms with Gasteiger partial charge in [0.1, 0.15) is 5.56 Å². The van der Waals surface area contributed by atoms with E-state index in [4.69, 9.17) is 18.9 Å². The number of benzene rings is 2. The maximum absolute atomic E-state index is 12.4. The predicted molar refractivity (Wildman–Crippen MR) is 109 cm³/mol. The molecule has 0 radical (unpaired) electrons. The van der Waals surface area contributed by atoms with Crippen molar-refractivity contribution in [3.63, 3.8) is 0 Å². The van der Waals surface area contributed by atoms with Gasteiger partial charge in [-0.25, -0.2) is 4.79 Å². The van der Waals surface area contributed by atoms with Crippen LogP contribution in [0, 0.1) is 0 Å². The molecule has 0 aliphatic rings. The summed E-state index contributed by atoms with van der Waals surface area (Å²) in [5.74, 6) is -0.219. The summed E-state index contributed by atoms with van der Waals surface area (Å²) in [6.45, 7) is 3.55. The first-order valence-electron chi connectivity index (χ1n) is 9.29. The highest BCUT2D eigenvalue weighted by molar-refractivity contribution is 5.95. The number of rotatable bonds is 9. The van der Waals surface area contributed by atoms with Crippen molar-refractivity contribution in [2.75, 3.05) is 27.9 Å². The van der Waals surface area contributed by atoms with Crippen LogP contribution in [0.4, 0.5) is 0 Å². The van der Waals surface area contributed by atoms with Gasteiger partial charge in [-0.05, 0) is 36.6 Å². The van der Waals surface area contributed by atoms with Gasteiger partial charge in [0.05, 0.1) is 27.4 Å². The lowest BCUT2D eigenvalue weighted by atomic mass is 10.1. The highest BCUT2D eigenvalue weighted by Crippen LogP contribution is 2.39. The smallest absolute Gasteiger partial charge is 0.342 e. The fraction of sp³-hybridized carbons (Fsp3) is 0.364. The Bertz CT molecular complexity index is 847. The summed E-state index contributed by atoms with van der Waals surface area (Å²) in [5.41, 5.74) is 2.34. The molecule has 7 nitrogen and oxygen atoms in total. The SMILES string of the molecule is CCc1ccc([C@@H](C)NC(=O)COC(=O)c2ccc(OC)c(OC)c2OC)cc1. The van der Waals surface area contributed by atoms with Crippen molar-refractivity contribution in [2.45, 2.75) is 26.3 Å². The molecule has 1 N–H and O–H groups in total. The minimum absolute atomic E-state index is 0.140. The van der Waals surface area contributed by atoms with Gasteiger partial charge >= 0.3 is 5.97 Å². The fourth-order valence-corrected chi connectivity index (χ4v) is 2.88. The zero-order valence-electron chi connectivity index (χ0n) is 17.4. The van der Waals surface area contributed by atoms with Gasteiger partial charge in [-0.2, -0.15) is 0 Å². The number of carbonyl (C=O) groups is 2. The van der Waals surface area contributed by atoms with Crippen molar-refractivity contribution in [1.29, 1.82) is 0 Å². The van der Waals surface area contributed by atoms with Gasteiger partial charge in [-0.3, -0.25) is 4.79 Å². The molecule has 0 unspecified atom stereocenters. The molecule has 2 rings (SSSR count). The molecule has 0 aliphatic heterocycles. The number of esters is 1. The van der Waals surface area contributed by atoms with Gasteiger partial charge < -0.3 is 24.3 Å². The average molecular weight is 401 g/mol. The monoisotopic (exact) mass is 401 g/mol. The van der Waals surface area contributed by atoms with E-state index in [-0.39, 0.29) is 23.1 Å². The summed E-state index contributed by atoms with van der Waals surface area (Å²) in [6.07, 6.45) is 0.955. The summed E-state index contributed by atoms with van der Waals surface area (Å²) in [4.78, 5) is 24.6. The predicted octanol–water partition coefficient (Wildman–Crippen LogP) is 3.31. The molecule has 0 fully saturated rings. The molecule has 156 valence electrons. The van der Waals surface area contributed by atoms with E-state index in [0.29, 0.717) is 5.75 Å². The van der Waals surface area contributed by atoms with Gasteiger partial charge in [0.2, 0.25) is 5.75 Å². The topological polar surface area (TPSA) is 83.1 Å². The second kappa shape index (κ2) is 10.4. The Kier molecular flexibility index (Phi) is 7.88. The second-order valence-corrected chi connectivity index (χ2v) is 6.34. The Labute approximate surface area is 170 Å². The number of ether oxygens (including phenoxy) is 4. The number of aryl methyl sites for hydroxylation is 1. The van der Waals surface area contributed by atoms with Crippen molar-refractivity contribution < 1.29 is 28.5 Å². The van der Waals surface area contributed by atoms with E-state index in [1.165, 1.54) is 33.0 Å². The third kappa shape index (κ3) is 5.40. The van der Waals surface area contributed by atoms with Crippen molar-refractivity contribution in [2.24, 2.45) is 0 Å². The standard InChI is InChI=1S/C22H27NO6/c1-6-15-7-9-16(10-8-15)14(2)23-19(24)13-29-22(25)17-11-12-18(26-3)21(28-5)20(17)27-4/h7-12,14H,6,13H2,1-5H3,(H,23,24)/t14-/m1/s1. The Balaban J connectivity index is 2.00. The Hall–Kier alpha value is -3.22. The molecule has 0 heterocycles. The van der Waals surface area contributed by atoms with Crippen LogP contribution in [0.1, 0.15) is 41.4 Å². The number of nitrogens with one attached hydrogen (secondary N) is 1. The Morgan fingerprint density at radius 1 is 0.931 bits per heavy atom. The lowest BCUT2D eigenvalue weighted by molar-refractivity contribution is -0.124. The second-order valence-electron chi connectivity index (χ2n) is 6.34. The first kappa shape index (κ1) is 22.1. The highest BCUT2D eigenvalue weighted by Gasteiger charge is 2.22. The molecule has 0 aromatic heterocycles. The molecular weight excluding hydrogens is 374 g/mol. The first-order valence-corrected chi connectivity index (χ1v) is 9.29. The molecule has 2 aromatic rings. The van der Waals surface area contributed by atoms with Crippen LogP contribution in [0.25, 0.3) is 0 Å². The van der Waals surface area contributed by atoms with Crippen LogP contribution in [-0.4, -0.2) is 39.8 Å². The maximum Gasteiger partial charge on any atom is 0.342 e. The number of hydrogen-bond acceptors (Lipinski definition) is 6. The minimum atomic E-state index is -0.696. The van der Waals surface area contributed by atoms with E-state index >= 15 is 0 Å². The molecule has 29 heavy (non-hydrogen) atoms. The van der Waals surface area contributed by atoms with Crippen LogP contribution in [-0.2, 0) is 16.0 Å². The molecule has 0 saturated carbocycles. The van der Waals surface area contributed by atoms with Crippen molar-refractivity contribution in [1.82, 2.24) is 5.32 Å².